The number of anilines is 1. The first-order valence-corrected chi connectivity index (χ1v) is 10.7. The summed E-state index contributed by atoms with van der Waals surface area (Å²) >= 11 is 0. The van der Waals surface area contributed by atoms with Gasteiger partial charge in [-0.1, -0.05) is 18.2 Å². The molecule has 31 heavy (non-hydrogen) atoms. The van der Waals surface area contributed by atoms with Crippen LogP contribution in [-0.2, 0) is 28.6 Å². The third-order valence-electron chi connectivity index (χ3n) is 4.48. The van der Waals surface area contributed by atoms with E-state index < -0.39 is 32.8 Å². The molecule has 0 spiro atoms. The number of esters is 1. The van der Waals surface area contributed by atoms with E-state index in [4.69, 9.17) is 15.2 Å². The van der Waals surface area contributed by atoms with E-state index in [1.165, 1.54) is 0 Å². The molecule has 0 fully saturated rings. The van der Waals surface area contributed by atoms with Crippen LogP contribution >= 0.6 is 0 Å². The molecule has 1 aromatic rings. The largest absolute Gasteiger partial charge is 0.534 e. The van der Waals surface area contributed by atoms with Crippen molar-refractivity contribution >= 4 is 21.8 Å². The Hall–Kier alpha value is -2.89. The van der Waals surface area contributed by atoms with Gasteiger partial charge in [0.25, 0.3) is 0 Å². The maximum absolute atomic E-state index is 12.6. The Morgan fingerprint density at radius 1 is 1.26 bits per heavy atom. The zero-order valence-corrected chi connectivity index (χ0v) is 17.5. The molecule has 172 valence electrons. The first-order chi connectivity index (χ1) is 14.5. The number of benzene rings is 1. The fourth-order valence-electron chi connectivity index (χ4n) is 2.80. The average molecular weight is 464 g/mol. The third kappa shape index (κ3) is 6.29. The number of nitrogens with two attached hydrogens (primary N) is 1. The van der Waals surface area contributed by atoms with Crippen LogP contribution in [0.5, 0.6) is 0 Å². The lowest BCUT2D eigenvalue weighted by Gasteiger charge is -2.33. The minimum atomic E-state index is -5.78. The van der Waals surface area contributed by atoms with Crippen molar-refractivity contribution in [2.24, 2.45) is 11.1 Å². The highest BCUT2D eigenvalue weighted by Crippen LogP contribution is 2.39. The molecule has 12 heteroatoms. The summed E-state index contributed by atoms with van der Waals surface area (Å²) in [5, 5.41) is 2.93. The van der Waals surface area contributed by atoms with E-state index in [-0.39, 0.29) is 38.4 Å². The molecule has 0 heterocycles. The van der Waals surface area contributed by atoms with Gasteiger partial charge in [-0.25, -0.2) is 0 Å². The van der Waals surface area contributed by atoms with E-state index in [9.17, 15) is 26.4 Å². The van der Waals surface area contributed by atoms with Gasteiger partial charge in [0.15, 0.2) is 0 Å². The monoisotopic (exact) mass is 464 g/mol. The third-order valence-corrected chi connectivity index (χ3v) is 5.48. The second-order valence-electron chi connectivity index (χ2n) is 6.67. The summed E-state index contributed by atoms with van der Waals surface area (Å²) in [7, 11) is -5.78. The Bertz CT molecular complexity index is 932. The number of nitrogens with one attached hydrogen (secondary N) is 1. The highest BCUT2D eigenvalue weighted by molar-refractivity contribution is 7.87. The summed E-state index contributed by atoms with van der Waals surface area (Å²) < 4.78 is 75.0. The number of allylic oxidation sites excluding steroid dienone is 2. The molecular weight excluding hydrogens is 441 g/mol. The van der Waals surface area contributed by atoms with E-state index >= 15 is 0 Å². The van der Waals surface area contributed by atoms with Crippen LogP contribution in [-0.4, -0.2) is 33.1 Å². The number of para-hydroxylation sites is 1. The van der Waals surface area contributed by atoms with Crippen LogP contribution in [0.1, 0.15) is 26.2 Å². The number of alkyl halides is 3. The van der Waals surface area contributed by atoms with E-state index in [0.717, 1.165) is 12.3 Å². The van der Waals surface area contributed by atoms with Gasteiger partial charge in [0.05, 0.1) is 12.8 Å². The molecule has 2 rings (SSSR count). The van der Waals surface area contributed by atoms with Crippen molar-refractivity contribution in [2.45, 2.75) is 31.7 Å². The molecule has 1 aliphatic rings. The lowest BCUT2D eigenvalue weighted by atomic mass is 9.77. The van der Waals surface area contributed by atoms with Gasteiger partial charge in [-0.2, -0.15) is 21.6 Å². The van der Waals surface area contributed by atoms with Crippen molar-refractivity contribution in [1.82, 2.24) is 0 Å². The zero-order chi connectivity index (χ0) is 23.1. The maximum Gasteiger partial charge on any atom is 0.534 e. The van der Waals surface area contributed by atoms with Crippen molar-refractivity contribution in [1.29, 1.82) is 0 Å². The quantitative estimate of drug-likeness (QED) is 0.247. The van der Waals surface area contributed by atoms with Crippen molar-refractivity contribution in [2.75, 3.05) is 18.5 Å². The van der Waals surface area contributed by atoms with Gasteiger partial charge >= 0.3 is 21.6 Å². The summed E-state index contributed by atoms with van der Waals surface area (Å²) in [6, 6.07) is 8.93. The second-order valence-corrected chi connectivity index (χ2v) is 8.21. The zero-order valence-electron chi connectivity index (χ0n) is 16.6. The first-order valence-electron chi connectivity index (χ1n) is 9.27. The second kappa shape index (κ2) is 9.94. The SMILES string of the molecule is CCOC(=O)C1(CO/C(=C/N)Nc2ccccc2)CC=C(OS(=O)(=O)C(F)(F)F)CC1. The van der Waals surface area contributed by atoms with E-state index in [2.05, 4.69) is 9.50 Å². The van der Waals surface area contributed by atoms with Crippen LogP contribution < -0.4 is 11.1 Å². The number of carbonyl (C=O) groups excluding carboxylic acids is 1. The Kier molecular flexibility index (Phi) is 7.82. The van der Waals surface area contributed by atoms with Crippen molar-refractivity contribution in [3.63, 3.8) is 0 Å². The normalized spacial score (nSPS) is 19.9. The summed E-state index contributed by atoms with van der Waals surface area (Å²) in [5.41, 5.74) is -0.541. The number of hydrogen-bond donors (Lipinski definition) is 2. The van der Waals surface area contributed by atoms with Crippen LogP contribution in [0.4, 0.5) is 18.9 Å². The Morgan fingerprint density at radius 3 is 2.45 bits per heavy atom. The molecule has 0 amide bonds. The fraction of sp³-hybridized carbons (Fsp3) is 0.421. The number of carbonyl (C=O) groups is 1. The smallest absolute Gasteiger partial charge is 0.477 e. The molecule has 1 aromatic carbocycles. The lowest BCUT2D eigenvalue weighted by Crippen LogP contribution is -2.39. The van der Waals surface area contributed by atoms with Crippen LogP contribution in [0.25, 0.3) is 0 Å². The fourth-order valence-corrected chi connectivity index (χ4v) is 3.33. The summed E-state index contributed by atoms with van der Waals surface area (Å²) in [6.07, 6.45) is 1.87. The Labute approximate surface area is 178 Å². The van der Waals surface area contributed by atoms with Crippen LogP contribution in [0.3, 0.4) is 0 Å². The van der Waals surface area contributed by atoms with Gasteiger partial charge in [-0.05, 0) is 38.0 Å². The van der Waals surface area contributed by atoms with Crippen molar-refractivity contribution in [3.05, 3.63) is 54.3 Å². The predicted octanol–water partition coefficient (Wildman–Crippen LogP) is 3.36. The number of halogens is 3. The van der Waals surface area contributed by atoms with Crippen LogP contribution in [0.2, 0.25) is 0 Å². The molecule has 1 aliphatic carbocycles. The molecule has 3 N–H and O–H groups in total. The van der Waals surface area contributed by atoms with Gasteiger partial charge in [0, 0.05) is 12.1 Å². The maximum atomic E-state index is 12.6. The van der Waals surface area contributed by atoms with Crippen LogP contribution in [0.15, 0.2) is 54.3 Å². The topological polar surface area (TPSA) is 117 Å². The predicted molar refractivity (Wildman–Crippen MR) is 105 cm³/mol. The molecule has 0 saturated heterocycles. The number of hydrogen-bond acceptors (Lipinski definition) is 8. The molecule has 1 atom stereocenters. The van der Waals surface area contributed by atoms with E-state index in [0.29, 0.717) is 5.69 Å². The lowest BCUT2D eigenvalue weighted by molar-refractivity contribution is -0.159. The Balaban J connectivity index is 2.13. The molecule has 1 unspecified atom stereocenters. The van der Waals surface area contributed by atoms with E-state index in [1.807, 2.05) is 6.07 Å². The molecule has 0 radical (unpaired) electrons. The summed E-state index contributed by atoms with van der Waals surface area (Å²) in [5.74, 6) is -0.866. The molecule has 0 saturated carbocycles. The van der Waals surface area contributed by atoms with Crippen LogP contribution in [0, 0.1) is 5.41 Å². The molecule has 0 aromatic heterocycles. The highest BCUT2D eigenvalue weighted by atomic mass is 32.2. The standard InChI is InChI=1S/C19H23F3N2O6S/c1-2-28-17(25)18(13-29-16(12-23)24-14-6-4-3-5-7-14)10-8-15(9-11-18)30-31(26,27)19(20,21)22/h3-8,12,24H,2,9-11,13,23H2,1H3/b16-12+. The van der Waals surface area contributed by atoms with Gasteiger partial charge < -0.3 is 24.7 Å². The minimum Gasteiger partial charge on any atom is -0.477 e. The molecule has 8 nitrogen and oxygen atoms in total. The van der Waals surface area contributed by atoms with Gasteiger partial charge in [-0.15, -0.1) is 0 Å². The van der Waals surface area contributed by atoms with Gasteiger partial charge in [-0.3, -0.25) is 4.79 Å². The summed E-state index contributed by atoms with van der Waals surface area (Å²) in [4.78, 5) is 12.6. The average Bonchev–Trinajstić information content (AvgIpc) is 2.72. The molecular formula is C19H23F3N2O6S. The number of rotatable bonds is 9. The Morgan fingerprint density at radius 2 is 1.94 bits per heavy atom. The van der Waals surface area contributed by atoms with Crippen molar-refractivity contribution in [3.8, 4) is 0 Å². The van der Waals surface area contributed by atoms with Gasteiger partial charge in [0.1, 0.15) is 17.8 Å². The van der Waals surface area contributed by atoms with Gasteiger partial charge in [0.2, 0.25) is 5.88 Å². The summed E-state index contributed by atoms with van der Waals surface area (Å²) in [6.45, 7) is 1.49. The van der Waals surface area contributed by atoms with E-state index in [1.54, 1.807) is 31.2 Å². The van der Waals surface area contributed by atoms with Crippen molar-refractivity contribution < 1.29 is 40.0 Å². The molecule has 0 aliphatic heterocycles. The minimum absolute atomic E-state index is 0.0474. The first kappa shape index (κ1) is 24.4. The highest BCUT2D eigenvalue weighted by Gasteiger charge is 2.50. The molecule has 0 bridgehead atoms. The number of ether oxygens (including phenoxy) is 2.